The van der Waals surface area contributed by atoms with Gasteiger partial charge in [0.15, 0.2) is 0 Å². The molecule has 1 aliphatic rings. The number of carbonyl (C=O) groups is 1. The van der Waals surface area contributed by atoms with Crippen molar-refractivity contribution in [2.45, 2.75) is 45.6 Å². The van der Waals surface area contributed by atoms with E-state index in [1.165, 1.54) is 0 Å². The predicted molar refractivity (Wildman–Crippen MR) is 58.2 cm³/mol. The molecule has 0 radical (unpaired) electrons. The first kappa shape index (κ1) is 11.5. The third kappa shape index (κ3) is 2.71. The summed E-state index contributed by atoms with van der Waals surface area (Å²) in [5.41, 5.74) is 0.0866. The van der Waals surface area contributed by atoms with Gasteiger partial charge in [0.1, 0.15) is 0 Å². The molecule has 82 valence electrons. The zero-order valence-electron chi connectivity index (χ0n) is 9.60. The van der Waals surface area contributed by atoms with E-state index in [0.717, 1.165) is 32.5 Å². The van der Waals surface area contributed by atoms with Crippen molar-refractivity contribution in [1.29, 1.82) is 0 Å². The topological polar surface area (TPSA) is 32.3 Å². The summed E-state index contributed by atoms with van der Waals surface area (Å²) in [6, 6.07) is 0. The van der Waals surface area contributed by atoms with E-state index in [9.17, 15) is 4.79 Å². The summed E-state index contributed by atoms with van der Waals surface area (Å²) >= 11 is 0. The molecule has 1 fully saturated rings. The van der Waals surface area contributed by atoms with Crippen molar-refractivity contribution < 1.29 is 4.79 Å². The summed E-state index contributed by atoms with van der Waals surface area (Å²) in [4.78, 5) is 13.9. The molecule has 3 heteroatoms. The van der Waals surface area contributed by atoms with Crippen LogP contribution in [0.5, 0.6) is 0 Å². The lowest BCUT2D eigenvalue weighted by molar-refractivity contribution is -0.134. The Bertz CT molecular complexity index is 201. The van der Waals surface area contributed by atoms with Gasteiger partial charge in [0.25, 0.3) is 0 Å². The van der Waals surface area contributed by atoms with Crippen LogP contribution in [0.2, 0.25) is 0 Å². The van der Waals surface area contributed by atoms with Gasteiger partial charge in [-0.15, -0.1) is 0 Å². The van der Waals surface area contributed by atoms with Crippen LogP contribution < -0.4 is 5.32 Å². The summed E-state index contributed by atoms with van der Waals surface area (Å²) in [7, 11) is 0. The van der Waals surface area contributed by atoms with Crippen LogP contribution >= 0.6 is 0 Å². The Balaban J connectivity index is 2.36. The molecular formula is C11H22N2O. The van der Waals surface area contributed by atoms with E-state index in [-0.39, 0.29) is 5.54 Å². The van der Waals surface area contributed by atoms with Gasteiger partial charge in [0, 0.05) is 25.0 Å². The maximum absolute atomic E-state index is 11.8. The number of nitrogens with one attached hydrogen (secondary N) is 1. The van der Waals surface area contributed by atoms with E-state index in [1.54, 1.807) is 0 Å². The summed E-state index contributed by atoms with van der Waals surface area (Å²) < 4.78 is 0. The van der Waals surface area contributed by atoms with Crippen molar-refractivity contribution in [2.75, 3.05) is 19.6 Å². The lowest BCUT2D eigenvalue weighted by Crippen LogP contribution is -2.43. The first-order chi connectivity index (χ1) is 6.58. The van der Waals surface area contributed by atoms with E-state index >= 15 is 0 Å². The fourth-order valence-electron chi connectivity index (χ4n) is 2.08. The van der Waals surface area contributed by atoms with Gasteiger partial charge < -0.3 is 10.2 Å². The Kier molecular flexibility index (Phi) is 3.93. The highest BCUT2D eigenvalue weighted by Gasteiger charge is 2.34. The minimum absolute atomic E-state index is 0.0866. The Morgan fingerprint density at radius 3 is 2.71 bits per heavy atom. The molecular weight excluding hydrogens is 176 g/mol. The van der Waals surface area contributed by atoms with Gasteiger partial charge >= 0.3 is 0 Å². The van der Waals surface area contributed by atoms with Crippen molar-refractivity contribution in [3.8, 4) is 0 Å². The monoisotopic (exact) mass is 198 g/mol. The number of nitrogens with zero attached hydrogens (tertiary/aromatic N) is 1. The Morgan fingerprint density at radius 1 is 1.50 bits per heavy atom. The molecule has 0 aliphatic carbocycles. The Morgan fingerprint density at radius 2 is 2.21 bits per heavy atom. The van der Waals surface area contributed by atoms with E-state index in [2.05, 4.69) is 26.1 Å². The quantitative estimate of drug-likeness (QED) is 0.692. The van der Waals surface area contributed by atoms with Crippen molar-refractivity contribution >= 4 is 5.91 Å². The number of carbonyl (C=O) groups excluding carboxylic acids is 1. The zero-order valence-corrected chi connectivity index (χ0v) is 9.60. The minimum atomic E-state index is 0.0866. The highest BCUT2D eigenvalue weighted by molar-refractivity contribution is 5.77. The molecule has 1 amide bonds. The van der Waals surface area contributed by atoms with Crippen LogP contribution in [-0.4, -0.2) is 36.0 Å². The molecule has 0 aromatic heterocycles. The fraction of sp³-hybridized carbons (Fsp3) is 0.909. The molecule has 0 unspecified atom stereocenters. The van der Waals surface area contributed by atoms with Gasteiger partial charge in [-0.2, -0.15) is 0 Å². The van der Waals surface area contributed by atoms with E-state index in [1.807, 2.05) is 4.90 Å². The second kappa shape index (κ2) is 4.78. The summed E-state index contributed by atoms with van der Waals surface area (Å²) in [5.74, 6) is 0.299. The lowest BCUT2D eigenvalue weighted by atomic mass is 10.0. The molecule has 1 aliphatic heterocycles. The van der Waals surface area contributed by atoms with Crippen LogP contribution in [-0.2, 0) is 4.79 Å². The van der Waals surface area contributed by atoms with Crippen molar-refractivity contribution in [3.63, 3.8) is 0 Å². The van der Waals surface area contributed by atoms with Crippen LogP contribution in [0.25, 0.3) is 0 Å². The SMILES string of the molecule is CCNCCC(=O)N1CCCC1(C)C. The van der Waals surface area contributed by atoms with Gasteiger partial charge in [-0.25, -0.2) is 0 Å². The normalized spacial score (nSPS) is 20.1. The second-order valence-corrected chi connectivity index (χ2v) is 4.56. The van der Waals surface area contributed by atoms with Crippen molar-refractivity contribution in [3.05, 3.63) is 0 Å². The smallest absolute Gasteiger partial charge is 0.224 e. The maximum atomic E-state index is 11.8. The van der Waals surface area contributed by atoms with Crippen LogP contribution in [0.15, 0.2) is 0 Å². The largest absolute Gasteiger partial charge is 0.338 e. The molecule has 0 bridgehead atoms. The molecule has 1 N–H and O–H groups in total. The molecule has 0 spiro atoms. The molecule has 1 saturated heterocycles. The molecule has 0 aromatic carbocycles. The third-order valence-electron chi connectivity index (χ3n) is 2.97. The highest BCUT2D eigenvalue weighted by atomic mass is 16.2. The van der Waals surface area contributed by atoms with Crippen LogP contribution in [0.3, 0.4) is 0 Å². The molecule has 1 rings (SSSR count). The summed E-state index contributed by atoms with van der Waals surface area (Å²) in [6.45, 7) is 9.07. The standard InChI is InChI=1S/C11H22N2O/c1-4-12-8-6-10(14)13-9-5-7-11(13,2)3/h12H,4-9H2,1-3H3. The molecule has 14 heavy (non-hydrogen) atoms. The van der Waals surface area contributed by atoms with Gasteiger partial charge in [-0.1, -0.05) is 6.92 Å². The van der Waals surface area contributed by atoms with Gasteiger partial charge in [0.05, 0.1) is 0 Å². The first-order valence-corrected chi connectivity index (χ1v) is 5.59. The fourth-order valence-corrected chi connectivity index (χ4v) is 2.08. The zero-order chi connectivity index (χ0) is 10.6. The number of hydrogen-bond acceptors (Lipinski definition) is 2. The molecule has 0 aromatic rings. The number of amides is 1. The van der Waals surface area contributed by atoms with Gasteiger partial charge in [0.2, 0.25) is 5.91 Å². The van der Waals surface area contributed by atoms with E-state index in [4.69, 9.17) is 0 Å². The summed E-state index contributed by atoms with van der Waals surface area (Å²) in [6.07, 6.45) is 2.93. The highest BCUT2D eigenvalue weighted by Crippen LogP contribution is 2.28. The number of hydrogen-bond donors (Lipinski definition) is 1. The third-order valence-corrected chi connectivity index (χ3v) is 2.97. The average molecular weight is 198 g/mol. The van der Waals surface area contributed by atoms with Gasteiger partial charge in [-0.3, -0.25) is 4.79 Å². The Labute approximate surface area is 86.9 Å². The lowest BCUT2D eigenvalue weighted by Gasteiger charge is -2.31. The summed E-state index contributed by atoms with van der Waals surface area (Å²) in [5, 5.41) is 3.18. The minimum Gasteiger partial charge on any atom is -0.338 e. The van der Waals surface area contributed by atoms with Crippen molar-refractivity contribution in [2.24, 2.45) is 0 Å². The van der Waals surface area contributed by atoms with Crippen molar-refractivity contribution in [1.82, 2.24) is 10.2 Å². The van der Waals surface area contributed by atoms with E-state index < -0.39 is 0 Å². The Hall–Kier alpha value is -0.570. The molecule has 0 saturated carbocycles. The molecule has 3 nitrogen and oxygen atoms in total. The predicted octanol–water partition coefficient (Wildman–Crippen LogP) is 1.39. The number of rotatable bonds is 4. The first-order valence-electron chi connectivity index (χ1n) is 5.59. The van der Waals surface area contributed by atoms with Crippen LogP contribution in [0.1, 0.15) is 40.0 Å². The van der Waals surface area contributed by atoms with Crippen LogP contribution in [0, 0.1) is 0 Å². The molecule has 1 heterocycles. The second-order valence-electron chi connectivity index (χ2n) is 4.56. The number of likely N-dealkylation sites (tertiary alicyclic amines) is 1. The van der Waals surface area contributed by atoms with Gasteiger partial charge in [-0.05, 0) is 33.2 Å². The molecule has 0 atom stereocenters. The van der Waals surface area contributed by atoms with Crippen LogP contribution in [0.4, 0.5) is 0 Å². The van der Waals surface area contributed by atoms with E-state index in [0.29, 0.717) is 12.3 Å². The maximum Gasteiger partial charge on any atom is 0.224 e. The average Bonchev–Trinajstić information content (AvgIpc) is 2.45.